The molecule has 0 radical (unpaired) electrons. The van der Waals surface area contributed by atoms with Crippen molar-refractivity contribution in [3.63, 3.8) is 0 Å². The number of hydrazone groups is 1. The molecule has 3 nitrogen and oxygen atoms in total. The molecule has 122 valence electrons. The van der Waals surface area contributed by atoms with Crippen LogP contribution in [0.1, 0.15) is 5.56 Å². The van der Waals surface area contributed by atoms with Gasteiger partial charge in [-0.25, -0.2) is 9.37 Å². The standard InChI is InChI=1S/C16H9Cl3FN3S/c17-9-4-5-10(13(19)6-9)15-8-24-16(22-15)23-21-7-11-12(18)2-1-3-14(11)20/h1-8H,(H,22,23). The second-order valence-corrected chi connectivity index (χ2v) is 6.78. The molecular weight excluding hydrogens is 392 g/mol. The lowest BCUT2D eigenvalue weighted by Crippen LogP contribution is -1.94. The highest BCUT2D eigenvalue weighted by Gasteiger charge is 2.09. The van der Waals surface area contributed by atoms with Crippen LogP contribution in [-0.2, 0) is 0 Å². The van der Waals surface area contributed by atoms with Crippen LogP contribution in [-0.4, -0.2) is 11.2 Å². The van der Waals surface area contributed by atoms with Gasteiger partial charge in [0.25, 0.3) is 0 Å². The number of halogens is 4. The molecule has 0 fully saturated rings. The Morgan fingerprint density at radius 2 is 1.96 bits per heavy atom. The van der Waals surface area contributed by atoms with Gasteiger partial charge >= 0.3 is 0 Å². The molecule has 0 saturated carbocycles. The summed E-state index contributed by atoms with van der Waals surface area (Å²) in [6.45, 7) is 0. The minimum atomic E-state index is -0.444. The van der Waals surface area contributed by atoms with Crippen molar-refractivity contribution in [3.05, 3.63) is 68.2 Å². The maximum absolute atomic E-state index is 13.6. The van der Waals surface area contributed by atoms with Gasteiger partial charge in [-0.15, -0.1) is 11.3 Å². The van der Waals surface area contributed by atoms with Gasteiger partial charge in [0.1, 0.15) is 5.82 Å². The fraction of sp³-hybridized carbons (Fsp3) is 0. The van der Waals surface area contributed by atoms with Gasteiger partial charge < -0.3 is 0 Å². The molecule has 1 N–H and O–H groups in total. The Hall–Kier alpha value is -1.66. The van der Waals surface area contributed by atoms with Crippen LogP contribution in [0.15, 0.2) is 46.9 Å². The third-order valence-electron chi connectivity index (χ3n) is 3.06. The van der Waals surface area contributed by atoms with Gasteiger partial charge in [-0.1, -0.05) is 40.9 Å². The first-order valence-corrected chi connectivity index (χ1v) is 8.70. The third kappa shape index (κ3) is 3.87. The predicted molar refractivity (Wildman–Crippen MR) is 100 cm³/mol. The zero-order valence-electron chi connectivity index (χ0n) is 11.9. The van der Waals surface area contributed by atoms with Crippen LogP contribution in [0.25, 0.3) is 11.3 Å². The summed E-state index contributed by atoms with van der Waals surface area (Å²) < 4.78 is 13.6. The van der Waals surface area contributed by atoms with E-state index in [0.717, 1.165) is 5.56 Å². The molecule has 0 aliphatic carbocycles. The molecule has 0 aliphatic heterocycles. The molecule has 24 heavy (non-hydrogen) atoms. The van der Waals surface area contributed by atoms with E-state index in [9.17, 15) is 4.39 Å². The average Bonchev–Trinajstić information content (AvgIpc) is 2.99. The van der Waals surface area contributed by atoms with E-state index in [2.05, 4.69) is 15.5 Å². The monoisotopic (exact) mass is 399 g/mol. The fourth-order valence-electron chi connectivity index (χ4n) is 1.93. The Morgan fingerprint density at radius 1 is 1.12 bits per heavy atom. The second kappa shape index (κ2) is 7.49. The maximum Gasteiger partial charge on any atom is 0.203 e. The molecule has 1 heterocycles. The Kier molecular flexibility index (Phi) is 5.36. The fourth-order valence-corrected chi connectivity index (χ4v) is 3.31. The van der Waals surface area contributed by atoms with E-state index in [1.165, 1.54) is 29.7 Å². The molecule has 0 aliphatic rings. The summed E-state index contributed by atoms with van der Waals surface area (Å²) in [7, 11) is 0. The summed E-state index contributed by atoms with van der Waals surface area (Å²) in [5.74, 6) is -0.444. The summed E-state index contributed by atoms with van der Waals surface area (Å²) in [6, 6.07) is 9.64. The van der Waals surface area contributed by atoms with Crippen molar-refractivity contribution in [1.29, 1.82) is 0 Å². The topological polar surface area (TPSA) is 37.3 Å². The van der Waals surface area contributed by atoms with Crippen LogP contribution < -0.4 is 5.43 Å². The second-order valence-electron chi connectivity index (χ2n) is 4.67. The van der Waals surface area contributed by atoms with Crippen molar-refractivity contribution in [2.75, 3.05) is 5.43 Å². The number of anilines is 1. The number of hydrogen-bond acceptors (Lipinski definition) is 4. The molecule has 1 aromatic heterocycles. The highest BCUT2D eigenvalue weighted by atomic mass is 35.5. The van der Waals surface area contributed by atoms with Crippen LogP contribution in [0.4, 0.5) is 9.52 Å². The number of thiazole rings is 1. The molecule has 0 atom stereocenters. The van der Waals surface area contributed by atoms with Crippen LogP contribution >= 0.6 is 46.1 Å². The molecule has 0 unspecified atom stereocenters. The number of nitrogens with zero attached hydrogens (tertiary/aromatic N) is 2. The van der Waals surface area contributed by atoms with Crippen molar-refractivity contribution in [2.24, 2.45) is 5.10 Å². The van der Waals surface area contributed by atoms with Crippen LogP contribution in [0.3, 0.4) is 0 Å². The zero-order valence-corrected chi connectivity index (χ0v) is 15.0. The SMILES string of the molecule is Fc1cccc(Cl)c1C=NNc1nc(-c2ccc(Cl)cc2Cl)cs1. The summed E-state index contributed by atoms with van der Waals surface area (Å²) in [6.07, 6.45) is 1.31. The molecule has 3 rings (SSSR count). The first kappa shape index (κ1) is 17.2. The van der Waals surface area contributed by atoms with Crippen molar-refractivity contribution in [3.8, 4) is 11.3 Å². The first-order valence-electron chi connectivity index (χ1n) is 6.68. The molecule has 0 bridgehead atoms. The average molecular weight is 401 g/mol. The Morgan fingerprint density at radius 3 is 2.71 bits per heavy atom. The predicted octanol–water partition coefficient (Wildman–Crippen LogP) is 6.36. The lowest BCUT2D eigenvalue weighted by molar-refractivity contribution is 0.626. The van der Waals surface area contributed by atoms with E-state index in [1.807, 2.05) is 5.38 Å². The van der Waals surface area contributed by atoms with E-state index >= 15 is 0 Å². The van der Waals surface area contributed by atoms with Crippen LogP contribution in [0.2, 0.25) is 15.1 Å². The molecule has 0 spiro atoms. The van der Waals surface area contributed by atoms with Crippen LogP contribution in [0.5, 0.6) is 0 Å². The normalized spacial score (nSPS) is 11.2. The van der Waals surface area contributed by atoms with E-state index in [4.69, 9.17) is 34.8 Å². The minimum absolute atomic E-state index is 0.212. The smallest absolute Gasteiger partial charge is 0.203 e. The molecular formula is C16H9Cl3FN3S. The van der Waals surface area contributed by atoms with Gasteiger partial charge in [-0.2, -0.15) is 5.10 Å². The highest BCUT2D eigenvalue weighted by molar-refractivity contribution is 7.14. The van der Waals surface area contributed by atoms with E-state index in [1.54, 1.807) is 24.3 Å². The molecule has 0 amide bonds. The summed E-state index contributed by atoms with van der Waals surface area (Å²) in [5, 5.41) is 7.71. The Labute approximate surface area is 156 Å². The third-order valence-corrected chi connectivity index (χ3v) is 4.69. The minimum Gasteiger partial charge on any atom is -0.253 e. The summed E-state index contributed by atoms with van der Waals surface area (Å²) in [4.78, 5) is 4.39. The number of rotatable bonds is 4. The van der Waals surface area contributed by atoms with Crippen molar-refractivity contribution in [1.82, 2.24) is 4.98 Å². The van der Waals surface area contributed by atoms with E-state index in [0.29, 0.717) is 20.9 Å². The Bertz CT molecular complexity index is 891. The molecule has 8 heteroatoms. The maximum atomic E-state index is 13.6. The largest absolute Gasteiger partial charge is 0.253 e. The van der Waals surface area contributed by atoms with Crippen LogP contribution in [0, 0.1) is 5.82 Å². The number of benzene rings is 2. The molecule has 0 saturated heterocycles. The number of aromatic nitrogens is 1. The highest BCUT2D eigenvalue weighted by Crippen LogP contribution is 2.32. The zero-order chi connectivity index (χ0) is 17.1. The number of hydrogen-bond donors (Lipinski definition) is 1. The van der Waals surface area contributed by atoms with Gasteiger partial charge in [0.2, 0.25) is 5.13 Å². The van der Waals surface area contributed by atoms with Crippen molar-refractivity contribution < 1.29 is 4.39 Å². The van der Waals surface area contributed by atoms with Gasteiger partial charge in [-0.3, -0.25) is 5.43 Å². The Balaban J connectivity index is 1.76. The lowest BCUT2D eigenvalue weighted by Gasteiger charge is -2.01. The van der Waals surface area contributed by atoms with Gasteiger partial charge in [0.05, 0.1) is 22.0 Å². The van der Waals surface area contributed by atoms with E-state index in [-0.39, 0.29) is 10.6 Å². The summed E-state index contributed by atoms with van der Waals surface area (Å²) in [5.41, 5.74) is 4.43. The van der Waals surface area contributed by atoms with Gasteiger partial charge in [0.15, 0.2) is 0 Å². The van der Waals surface area contributed by atoms with Crippen molar-refractivity contribution >= 4 is 57.5 Å². The van der Waals surface area contributed by atoms with Gasteiger partial charge in [0, 0.05) is 21.5 Å². The van der Waals surface area contributed by atoms with Crippen molar-refractivity contribution in [2.45, 2.75) is 0 Å². The molecule has 2 aromatic carbocycles. The lowest BCUT2D eigenvalue weighted by atomic mass is 10.2. The molecule has 3 aromatic rings. The van der Waals surface area contributed by atoms with Gasteiger partial charge in [-0.05, 0) is 30.3 Å². The first-order chi connectivity index (χ1) is 11.5. The van der Waals surface area contributed by atoms with E-state index < -0.39 is 5.82 Å². The quantitative estimate of drug-likeness (QED) is 0.409. The number of nitrogens with one attached hydrogen (secondary N) is 1. The summed E-state index contributed by atoms with van der Waals surface area (Å²) >= 11 is 19.3.